The van der Waals surface area contributed by atoms with Gasteiger partial charge in [0, 0.05) is 65.0 Å². The molecule has 26 heavy (non-hydrogen) atoms. The van der Waals surface area contributed by atoms with Crippen LogP contribution in [-0.2, 0) is 20.9 Å². The third kappa shape index (κ3) is 4.84. The minimum atomic E-state index is -0.419. The summed E-state index contributed by atoms with van der Waals surface area (Å²) in [5.41, 5.74) is 1.02. The lowest BCUT2D eigenvalue weighted by Gasteiger charge is -2.38. The number of piperazine rings is 2. The van der Waals surface area contributed by atoms with E-state index < -0.39 is 6.04 Å². The SMILES string of the molecule is COCCN1CCN(C(=O)C[C@@H]2C(=O)NCCN2Cc2ccoc2)CC1. The van der Waals surface area contributed by atoms with Crippen molar-refractivity contribution >= 4 is 11.8 Å². The van der Waals surface area contributed by atoms with Crippen LogP contribution in [-0.4, -0.2) is 92.1 Å². The third-order valence-corrected chi connectivity index (χ3v) is 5.11. The second-order valence-corrected chi connectivity index (χ2v) is 6.83. The minimum absolute atomic E-state index is 0.0515. The Morgan fingerprint density at radius 1 is 1.31 bits per heavy atom. The van der Waals surface area contributed by atoms with Crippen molar-refractivity contribution in [2.45, 2.75) is 19.0 Å². The van der Waals surface area contributed by atoms with Gasteiger partial charge in [-0.1, -0.05) is 0 Å². The highest BCUT2D eigenvalue weighted by Crippen LogP contribution is 2.16. The second kappa shape index (κ2) is 9.16. The van der Waals surface area contributed by atoms with E-state index in [0.717, 1.165) is 31.7 Å². The Labute approximate surface area is 154 Å². The maximum atomic E-state index is 12.7. The van der Waals surface area contributed by atoms with Gasteiger partial charge in [0.05, 0.1) is 31.6 Å². The fourth-order valence-corrected chi connectivity index (χ4v) is 3.53. The van der Waals surface area contributed by atoms with Crippen molar-refractivity contribution in [3.8, 4) is 0 Å². The van der Waals surface area contributed by atoms with Crippen LogP contribution in [0.3, 0.4) is 0 Å². The number of methoxy groups -OCH3 is 1. The Hall–Kier alpha value is -1.90. The number of rotatable bonds is 7. The minimum Gasteiger partial charge on any atom is -0.472 e. The van der Waals surface area contributed by atoms with Gasteiger partial charge < -0.3 is 19.4 Å². The van der Waals surface area contributed by atoms with Crippen molar-refractivity contribution in [2.75, 3.05) is 59.5 Å². The lowest BCUT2D eigenvalue weighted by Crippen LogP contribution is -2.57. The van der Waals surface area contributed by atoms with Crippen LogP contribution in [0, 0.1) is 0 Å². The number of nitrogens with one attached hydrogen (secondary N) is 1. The third-order valence-electron chi connectivity index (χ3n) is 5.11. The van der Waals surface area contributed by atoms with Gasteiger partial charge >= 0.3 is 0 Å². The van der Waals surface area contributed by atoms with Gasteiger partial charge in [0.2, 0.25) is 11.8 Å². The summed E-state index contributed by atoms with van der Waals surface area (Å²) in [7, 11) is 1.70. The van der Waals surface area contributed by atoms with Crippen LogP contribution >= 0.6 is 0 Å². The topological polar surface area (TPSA) is 78.3 Å². The molecule has 0 radical (unpaired) electrons. The Bertz CT molecular complexity index is 584. The number of hydrogen-bond acceptors (Lipinski definition) is 6. The monoisotopic (exact) mass is 364 g/mol. The first-order valence-corrected chi connectivity index (χ1v) is 9.19. The first kappa shape index (κ1) is 18.9. The van der Waals surface area contributed by atoms with Gasteiger partial charge in [-0.05, 0) is 6.07 Å². The summed E-state index contributed by atoms with van der Waals surface area (Å²) < 4.78 is 10.2. The van der Waals surface area contributed by atoms with E-state index in [2.05, 4.69) is 15.1 Å². The highest BCUT2D eigenvalue weighted by Gasteiger charge is 2.33. The van der Waals surface area contributed by atoms with Gasteiger partial charge in [0.1, 0.15) is 0 Å². The molecule has 3 heterocycles. The molecule has 2 aliphatic heterocycles. The summed E-state index contributed by atoms with van der Waals surface area (Å²) in [6.07, 6.45) is 3.54. The quantitative estimate of drug-likeness (QED) is 0.720. The maximum Gasteiger partial charge on any atom is 0.237 e. The normalized spacial score (nSPS) is 22.4. The van der Waals surface area contributed by atoms with Crippen LogP contribution in [0.5, 0.6) is 0 Å². The first-order valence-electron chi connectivity index (χ1n) is 9.19. The molecule has 144 valence electrons. The molecule has 2 fully saturated rings. The van der Waals surface area contributed by atoms with Gasteiger partial charge in [0.25, 0.3) is 0 Å². The number of carbonyl (C=O) groups is 2. The van der Waals surface area contributed by atoms with Crippen LogP contribution < -0.4 is 5.32 Å². The van der Waals surface area contributed by atoms with Crippen molar-refractivity contribution in [2.24, 2.45) is 0 Å². The molecule has 0 unspecified atom stereocenters. The summed E-state index contributed by atoms with van der Waals surface area (Å²) in [5.74, 6) is -0.0116. The molecule has 1 N–H and O–H groups in total. The predicted octanol–water partition coefficient (Wildman–Crippen LogP) is -0.239. The zero-order valence-corrected chi connectivity index (χ0v) is 15.4. The molecule has 1 aromatic heterocycles. The van der Waals surface area contributed by atoms with Crippen LogP contribution in [0.25, 0.3) is 0 Å². The number of amides is 2. The van der Waals surface area contributed by atoms with Crippen LogP contribution in [0.15, 0.2) is 23.0 Å². The fourth-order valence-electron chi connectivity index (χ4n) is 3.53. The van der Waals surface area contributed by atoms with Crippen molar-refractivity contribution in [3.63, 3.8) is 0 Å². The Balaban J connectivity index is 1.53. The number of furan rings is 1. The molecule has 1 aromatic rings. The van der Waals surface area contributed by atoms with Gasteiger partial charge in [-0.25, -0.2) is 0 Å². The van der Waals surface area contributed by atoms with E-state index in [1.165, 1.54) is 0 Å². The summed E-state index contributed by atoms with van der Waals surface area (Å²) in [6, 6.07) is 1.47. The van der Waals surface area contributed by atoms with E-state index in [0.29, 0.717) is 32.8 Å². The standard InChI is InChI=1S/C18H28N4O4/c1-25-11-9-20-5-7-21(8-6-20)17(23)12-16-18(24)19-3-4-22(16)13-15-2-10-26-14-15/h2,10,14,16H,3-9,11-13H2,1H3,(H,19,24)/t16-/m1/s1. The number of hydrogen-bond donors (Lipinski definition) is 1. The molecular weight excluding hydrogens is 336 g/mol. The van der Waals surface area contributed by atoms with Gasteiger partial charge in [-0.3, -0.25) is 19.4 Å². The zero-order chi connectivity index (χ0) is 18.4. The lowest BCUT2D eigenvalue weighted by atomic mass is 10.1. The van der Waals surface area contributed by atoms with Crippen LogP contribution in [0.1, 0.15) is 12.0 Å². The van der Waals surface area contributed by atoms with E-state index in [4.69, 9.17) is 9.15 Å². The summed E-state index contributed by atoms with van der Waals surface area (Å²) in [5, 5.41) is 2.88. The Kier molecular flexibility index (Phi) is 6.65. The lowest BCUT2D eigenvalue weighted by molar-refractivity contribution is -0.140. The van der Waals surface area contributed by atoms with E-state index in [9.17, 15) is 9.59 Å². The molecule has 0 bridgehead atoms. The predicted molar refractivity (Wildman–Crippen MR) is 95.4 cm³/mol. The maximum absolute atomic E-state index is 12.7. The molecule has 1 atom stereocenters. The Morgan fingerprint density at radius 3 is 2.81 bits per heavy atom. The van der Waals surface area contributed by atoms with Gasteiger partial charge in [-0.15, -0.1) is 0 Å². The molecule has 8 heteroatoms. The van der Waals surface area contributed by atoms with Gasteiger partial charge in [-0.2, -0.15) is 0 Å². The van der Waals surface area contributed by atoms with E-state index >= 15 is 0 Å². The molecule has 0 saturated carbocycles. The number of ether oxygens (including phenoxy) is 1. The average Bonchev–Trinajstić information content (AvgIpc) is 3.16. The molecule has 8 nitrogen and oxygen atoms in total. The largest absolute Gasteiger partial charge is 0.472 e. The molecule has 2 amide bonds. The van der Waals surface area contributed by atoms with E-state index in [1.807, 2.05) is 11.0 Å². The Morgan fingerprint density at radius 2 is 2.12 bits per heavy atom. The molecule has 2 aliphatic rings. The fraction of sp³-hybridized carbons (Fsp3) is 0.667. The highest BCUT2D eigenvalue weighted by atomic mass is 16.5. The zero-order valence-electron chi connectivity index (χ0n) is 15.4. The molecule has 0 aliphatic carbocycles. The van der Waals surface area contributed by atoms with Crippen molar-refractivity contribution in [1.82, 2.24) is 20.0 Å². The molecule has 2 saturated heterocycles. The van der Waals surface area contributed by atoms with E-state index in [1.54, 1.807) is 19.6 Å². The first-order chi connectivity index (χ1) is 12.7. The molecular formula is C18H28N4O4. The summed E-state index contributed by atoms with van der Waals surface area (Å²) >= 11 is 0. The second-order valence-electron chi connectivity index (χ2n) is 6.83. The van der Waals surface area contributed by atoms with Crippen molar-refractivity contribution < 1.29 is 18.7 Å². The number of nitrogens with zero attached hydrogens (tertiary/aromatic N) is 3. The van der Waals surface area contributed by atoms with Gasteiger partial charge in [0.15, 0.2) is 0 Å². The van der Waals surface area contributed by atoms with Crippen molar-refractivity contribution in [3.05, 3.63) is 24.2 Å². The summed E-state index contributed by atoms with van der Waals surface area (Å²) in [4.78, 5) is 31.3. The molecule has 0 aromatic carbocycles. The molecule has 0 spiro atoms. The molecule has 3 rings (SSSR count). The average molecular weight is 364 g/mol. The van der Waals surface area contributed by atoms with Crippen LogP contribution in [0.4, 0.5) is 0 Å². The van der Waals surface area contributed by atoms with Crippen LogP contribution in [0.2, 0.25) is 0 Å². The summed E-state index contributed by atoms with van der Waals surface area (Å²) in [6.45, 7) is 6.68. The van der Waals surface area contributed by atoms with Crippen molar-refractivity contribution in [1.29, 1.82) is 0 Å². The smallest absolute Gasteiger partial charge is 0.237 e. The highest BCUT2D eigenvalue weighted by molar-refractivity contribution is 5.88. The number of carbonyl (C=O) groups excluding carboxylic acids is 2. The van der Waals surface area contributed by atoms with E-state index in [-0.39, 0.29) is 18.2 Å².